The van der Waals surface area contributed by atoms with Crippen LogP contribution in [0, 0.1) is 3.57 Å². The van der Waals surface area contributed by atoms with Crippen LogP contribution in [0.2, 0.25) is 0 Å². The first-order chi connectivity index (χ1) is 6.63. The minimum absolute atomic E-state index is 0.143. The van der Waals surface area contributed by atoms with Crippen molar-refractivity contribution in [2.24, 2.45) is 0 Å². The Morgan fingerprint density at radius 1 is 1.29 bits per heavy atom. The number of benzene rings is 1. The van der Waals surface area contributed by atoms with E-state index in [0.717, 1.165) is 0 Å². The second-order valence-corrected chi connectivity index (χ2v) is 4.77. The lowest BCUT2D eigenvalue weighted by Crippen LogP contribution is -2.31. The molecule has 0 saturated heterocycles. The summed E-state index contributed by atoms with van der Waals surface area (Å²) in [5.74, 6) is 0. The van der Waals surface area contributed by atoms with Crippen molar-refractivity contribution < 1.29 is 5.11 Å². The van der Waals surface area contributed by atoms with E-state index in [4.69, 9.17) is 5.11 Å². The number of rotatable bonds is 4. The maximum atomic E-state index is 8.91. The second kappa shape index (κ2) is 5.68. The zero-order valence-electron chi connectivity index (χ0n) is 8.50. The molecule has 0 aliphatic rings. The average molecular weight is 305 g/mol. The van der Waals surface area contributed by atoms with Crippen molar-refractivity contribution in [2.45, 2.75) is 25.9 Å². The van der Waals surface area contributed by atoms with Crippen molar-refractivity contribution in [3.63, 3.8) is 0 Å². The quantitative estimate of drug-likeness (QED) is 0.837. The first-order valence-corrected chi connectivity index (χ1v) is 5.83. The molecule has 0 unspecified atom stereocenters. The van der Waals surface area contributed by atoms with Gasteiger partial charge in [-0.1, -0.05) is 12.1 Å². The Kier molecular flexibility index (Phi) is 4.84. The molecule has 0 aliphatic carbocycles. The Morgan fingerprint density at radius 3 is 2.36 bits per heavy atom. The molecule has 3 heteroatoms. The molecule has 14 heavy (non-hydrogen) atoms. The molecule has 0 aromatic heterocycles. The van der Waals surface area contributed by atoms with E-state index >= 15 is 0 Å². The SMILES string of the molecule is C[C@@H](CO)N[C@H](C)c1ccc(I)cc1. The molecule has 0 bridgehead atoms. The van der Waals surface area contributed by atoms with Crippen molar-refractivity contribution in [3.8, 4) is 0 Å². The molecule has 1 rings (SSSR count). The number of hydrogen-bond acceptors (Lipinski definition) is 2. The highest BCUT2D eigenvalue weighted by Gasteiger charge is 2.07. The van der Waals surface area contributed by atoms with Crippen LogP contribution in [0.4, 0.5) is 0 Å². The van der Waals surface area contributed by atoms with Crippen LogP contribution in [-0.4, -0.2) is 17.8 Å². The van der Waals surface area contributed by atoms with Gasteiger partial charge in [0.15, 0.2) is 0 Å². The summed E-state index contributed by atoms with van der Waals surface area (Å²) in [4.78, 5) is 0. The minimum Gasteiger partial charge on any atom is -0.395 e. The zero-order chi connectivity index (χ0) is 10.6. The molecule has 1 aromatic carbocycles. The largest absolute Gasteiger partial charge is 0.395 e. The van der Waals surface area contributed by atoms with E-state index in [9.17, 15) is 0 Å². The van der Waals surface area contributed by atoms with Gasteiger partial charge in [0.25, 0.3) is 0 Å². The molecule has 0 spiro atoms. The summed E-state index contributed by atoms with van der Waals surface area (Å²) in [6, 6.07) is 8.85. The van der Waals surface area contributed by atoms with E-state index < -0.39 is 0 Å². The maximum Gasteiger partial charge on any atom is 0.0582 e. The van der Waals surface area contributed by atoms with Gasteiger partial charge in [-0.05, 0) is 54.1 Å². The number of aliphatic hydroxyl groups is 1. The highest BCUT2D eigenvalue weighted by Crippen LogP contribution is 2.14. The predicted octanol–water partition coefficient (Wildman–Crippen LogP) is 2.32. The molecule has 0 heterocycles. The lowest BCUT2D eigenvalue weighted by Gasteiger charge is -2.18. The summed E-state index contributed by atoms with van der Waals surface area (Å²) in [5, 5.41) is 12.2. The van der Waals surface area contributed by atoms with Crippen LogP contribution in [-0.2, 0) is 0 Å². The fraction of sp³-hybridized carbons (Fsp3) is 0.455. The molecule has 78 valence electrons. The fourth-order valence-electron chi connectivity index (χ4n) is 1.33. The lowest BCUT2D eigenvalue weighted by atomic mass is 10.1. The molecule has 2 N–H and O–H groups in total. The van der Waals surface area contributed by atoms with Crippen LogP contribution >= 0.6 is 22.6 Å². The van der Waals surface area contributed by atoms with Crippen molar-refractivity contribution >= 4 is 22.6 Å². The molecule has 0 fully saturated rings. The Morgan fingerprint density at radius 2 is 1.86 bits per heavy atom. The first kappa shape index (κ1) is 11.9. The molecule has 0 aliphatic heterocycles. The normalized spacial score (nSPS) is 15.1. The van der Waals surface area contributed by atoms with Gasteiger partial charge in [0.1, 0.15) is 0 Å². The van der Waals surface area contributed by atoms with Gasteiger partial charge < -0.3 is 10.4 Å². The summed E-state index contributed by atoms with van der Waals surface area (Å²) in [5.41, 5.74) is 1.26. The van der Waals surface area contributed by atoms with E-state index in [1.54, 1.807) is 0 Å². The third-order valence-electron chi connectivity index (χ3n) is 2.18. The Labute approximate surface area is 98.9 Å². The molecule has 0 saturated carbocycles. The Bertz CT molecular complexity index is 273. The number of hydrogen-bond donors (Lipinski definition) is 2. The third kappa shape index (κ3) is 3.55. The molecule has 2 atom stereocenters. The van der Waals surface area contributed by atoms with Crippen molar-refractivity contribution in [1.82, 2.24) is 5.32 Å². The van der Waals surface area contributed by atoms with E-state index in [2.05, 4.69) is 59.1 Å². The molecule has 0 radical (unpaired) electrons. The summed E-state index contributed by atoms with van der Waals surface area (Å²) < 4.78 is 1.24. The number of aliphatic hydroxyl groups excluding tert-OH is 1. The smallest absolute Gasteiger partial charge is 0.0582 e. The van der Waals surface area contributed by atoms with Crippen LogP contribution in [0.15, 0.2) is 24.3 Å². The molecule has 2 nitrogen and oxygen atoms in total. The average Bonchev–Trinajstić information content (AvgIpc) is 2.18. The monoisotopic (exact) mass is 305 g/mol. The first-order valence-electron chi connectivity index (χ1n) is 4.76. The van der Waals surface area contributed by atoms with E-state index in [0.29, 0.717) is 0 Å². The maximum absolute atomic E-state index is 8.91. The summed E-state index contributed by atoms with van der Waals surface area (Å²) in [7, 11) is 0. The van der Waals surface area contributed by atoms with Gasteiger partial charge in [0.05, 0.1) is 6.61 Å². The summed E-state index contributed by atoms with van der Waals surface area (Å²) >= 11 is 2.29. The third-order valence-corrected chi connectivity index (χ3v) is 2.90. The van der Waals surface area contributed by atoms with Crippen LogP contribution in [0.5, 0.6) is 0 Å². The Hall–Kier alpha value is -0.130. The van der Waals surface area contributed by atoms with E-state index in [1.807, 2.05) is 6.92 Å². The van der Waals surface area contributed by atoms with Crippen molar-refractivity contribution in [1.29, 1.82) is 0 Å². The van der Waals surface area contributed by atoms with E-state index in [1.165, 1.54) is 9.13 Å². The van der Waals surface area contributed by atoms with Crippen LogP contribution in [0.1, 0.15) is 25.5 Å². The standard InChI is InChI=1S/C11H16INO/c1-8(7-14)13-9(2)10-3-5-11(12)6-4-10/h3-6,8-9,13-14H,7H2,1-2H3/t8-,9+/m0/s1. The van der Waals surface area contributed by atoms with Gasteiger partial charge in [-0.3, -0.25) is 0 Å². The van der Waals surface area contributed by atoms with Gasteiger partial charge in [-0.15, -0.1) is 0 Å². The molecule has 1 aromatic rings. The predicted molar refractivity (Wildman–Crippen MR) is 67.3 cm³/mol. The van der Waals surface area contributed by atoms with E-state index in [-0.39, 0.29) is 18.7 Å². The molecule has 0 amide bonds. The highest BCUT2D eigenvalue weighted by molar-refractivity contribution is 14.1. The number of nitrogens with one attached hydrogen (secondary N) is 1. The van der Waals surface area contributed by atoms with Crippen molar-refractivity contribution in [2.75, 3.05) is 6.61 Å². The van der Waals surface area contributed by atoms with Gasteiger partial charge >= 0.3 is 0 Å². The van der Waals surface area contributed by atoms with Gasteiger partial charge in [0.2, 0.25) is 0 Å². The van der Waals surface area contributed by atoms with Gasteiger partial charge in [-0.25, -0.2) is 0 Å². The topological polar surface area (TPSA) is 32.3 Å². The molecular formula is C11H16INO. The van der Waals surface area contributed by atoms with Gasteiger partial charge in [-0.2, -0.15) is 0 Å². The summed E-state index contributed by atoms with van der Waals surface area (Å²) in [6.07, 6.45) is 0. The minimum atomic E-state index is 0.143. The van der Waals surface area contributed by atoms with Crippen LogP contribution in [0.25, 0.3) is 0 Å². The lowest BCUT2D eigenvalue weighted by molar-refractivity contribution is 0.243. The fourth-order valence-corrected chi connectivity index (χ4v) is 1.69. The number of halogens is 1. The second-order valence-electron chi connectivity index (χ2n) is 3.52. The molecular weight excluding hydrogens is 289 g/mol. The summed E-state index contributed by atoms with van der Waals surface area (Å²) in [6.45, 7) is 4.26. The zero-order valence-corrected chi connectivity index (χ0v) is 10.7. The highest BCUT2D eigenvalue weighted by atomic mass is 127. The van der Waals surface area contributed by atoms with Crippen LogP contribution < -0.4 is 5.32 Å². The van der Waals surface area contributed by atoms with Gasteiger partial charge in [0, 0.05) is 15.7 Å². The Balaban J connectivity index is 2.60. The van der Waals surface area contributed by atoms with Crippen LogP contribution in [0.3, 0.4) is 0 Å². The van der Waals surface area contributed by atoms with Crippen molar-refractivity contribution in [3.05, 3.63) is 33.4 Å².